The lowest BCUT2D eigenvalue weighted by Gasteiger charge is -2.24. The Morgan fingerprint density at radius 2 is 1.95 bits per heavy atom. The first-order valence-electron chi connectivity index (χ1n) is 6.19. The average molecular weight is 311 g/mol. The summed E-state index contributed by atoms with van der Waals surface area (Å²) < 4.78 is 35.7. The fraction of sp³-hybridized carbons (Fsp3) is 0.750. The van der Waals surface area contributed by atoms with Gasteiger partial charge in [0.25, 0.3) is 0 Å². The lowest BCUT2D eigenvalue weighted by atomic mass is 9.97. The second kappa shape index (κ2) is 9.87. The molecule has 0 aliphatic carbocycles. The minimum Gasteiger partial charge on any atom is -0.459 e. The molecule has 0 rings (SSSR count). The first kappa shape index (κ1) is 21.3. The molecule has 0 spiro atoms. The van der Waals surface area contributed by atoms with Gasteiger partial charge in [-0.3, -0.25) is 4.55 Å². The van der Waals surface area contributed by atoms with Gasteiger partial charge < -0.3 is 10.5 Å². The van der Waals surface area contributed by atoms with Crippen molar-refractivity contribution in [3.8, 4) is 0 Å². The standard InChI is InChI=1S/C10H19NO2.C2H6O4S/c1-5-8(7-10(3,4)11)13-9(12)6-2;1-2-6-7(3,4)5/h6,8H,2,5,7,11H2,1,3-4H3;2H2,1H3,(H,3,4,5). The first-order chi connectivity index (χ1) is 8.95. The van der Waals surface area contributed by atoms with E-state index in [0.29, 0.717) is 6.42 Å². The zero-order valence-corrected chi connectivity index (χ0v) is 13.3. The van der Waals surface area contributed by atoms with Crippen molar-refractivity contribution in [3.05, 3.63) is 12.7 Å². The summed E-state index contributed by atoms with van der Waals surface area (Å²) in [4.78, 5) is 10.9. The molecule has 8 heteroatoms. The molecule has 0 aliphatic rings. The fourth-order valence-corrected chi connectivity index (χ4v) is 1.52. The molecule has 0 saturated carbocycles. The number of rotatable bonds is 7. The molecule has 7 nitrogen and oxygen atoms in total. The molecule has 0 heterocycles. The predicted octanol–water partition coefficient (Wildman–Crippen LogP) is 1.45. The molecule has 0 bridgehead atoms. The molecule has 0 aromatic carbocycles. The van der Waals surface area contributed by atoms with Crippen molar-refractivity contribution in [2.24, 2.45) is 5.73 Å². The largest absolute Gasteiger partial charge is 0.459 e. The second-order valence-corrected chi connectivity index (χ2v) is 5.79. The van der Waals surface area contributed by atoms with Crippen LogP contribution < -0.4 is 5.73 Å². The van der Waals surface area contributed by atoms with E-state index in [-0.39, 0.29) is 24.2 Å². The lowest BCUT2D eigenvalue weighted by Crippen LogP contribution is -2.37. The molecule has 1 atom stereocenters. The van der Waals surface area contributed by atoms with Gasteiger partial charge in [-0.2, -0.15) is 8.42 Å². The Hall–Kier alpha value is -0.960. The highest BCUT2D eigenvalue weighted by atomic mass is 32.3. The van der Waals surface area contributed by atoms with Crippen molar-refractivity contribution in [1.82, 2.24) is 0 Å². The van der Waals surface area contributed by atoms with Crippen LogP contribution in [-0.2, 0) is 24.1 Å². The lowest BCUT2D eigenvalue weighted by molar-refractivity contribution is -0.143. The highest BCUT2D eigenvalue weighted by Gasteiger charge is 2.19. The van der Waals surface area contributed by atoms with Crippen LogP contribution in [0.3, 0.4) is 0 Å². The zero-order chi connectivity index (χ0) is 16.4. The van der Waals surface area contributed by atoms with E-state index >= 15 is 0 Å². The number of esters is 1. The maximum absolute atomic E-state index is 10.9. The van der Waals surface area contributed by atoms with Gasteiger partial charge in [0.1, 0.15) is 6.10 Å². The molecule has 0 aromatic rings. The second-order valence-electron chi connectivity index (χ2n) is 4.70. The van der Waals surface area contributed by atoms with E-state index in [0.717, 1.165) is 6.42 Å². The number of carbonyl (C=O) groups excluding carboxylic acids is 1. The van der Waals surface area contributed by atoms with Crippen molar-refractivity contribution in [2.45, 2.75) is 52.2 Å². The maximum Gasteiger partial charge on any atom is 0.397 e. The van der Waals surface area contributed by atoms with E-state index in [9.17, 15) is 13.2 Å². The maximum atomic E-state index is 10.9. The highest BCUT2D eigenvalue weighted by Crippen LogP contribution is 2.13. The summed E-state index contributed by atoms with van der Waals surface area (Å²) in [6.07, 6.45) is 2.51. The summed E-state index contributed by atoms with van der Waals surface area (Å²) in [6, 6.07) is 0. The SMILES string of the molecule is C=CC(=O)OC(CC)CC(C)(C)N.CCOS(=O)(=O)O. The van der Waals surface area contributed by atoms with Gasteiger partial charge in [-0.1, -0.05) is 13.5 Å². The van der Waals surface area contributed by atoms with Crippen LogP contribution in [0, 0.1) is 0 Å². The molecular formula is C12H25NO6S. The van der Waals surface area contributed by atoms with Gasteiger partial charge in [0.05, 0.1) is 6.61 Å². The molecular weight excluding hydrogens is 286 g/mol. The van der Waals surface area contributed by atoms with Crippen LogP contribution in [0.1, 0.15) is 40.5 Å². The van der Waals surface area contributed by atoms with Crippen LogP contribution in [0.2, 0.25) is 0 Å². The monoisotopic (exact) mass is 311 g/mol. The van der Waals surface area contributed by atoms with E-state index in [1.807, 2.05) is 20.8 Å². The summed E-state index contributed by atoms with van der Waals surface area (Å²) in [5.41, 5.74) is 5.51. The van der Waals surface area contributed by atoms with Crippen molar-refractivity contribution >= 4 is 16.4 Å². The Morgan fingerprint density at radius 1 is 1.45 bits per heavy atom. The third kappa shape index (κ3) is 17.0. The molecule has 1 unspecified atom stereocenters. The summed E-state index contributed by atoms with van der Waals surface area (Å²) >= 11 is 0. The quantitative estimate of drug-likeness (QED) is 0.415. The summed E-state index contributed by atoms with van der Waals surface area (Å²) in [6.45, 7) is 10.6. The Kier molecular flexibility index (Phi) is 10.5. The molecule has 3 N–H and O–H groups in total. The molecule has 0 saturated heterocycles. The molecule has 0 aromatic heterocycles. The third-order valence-electron chi connectivity index (χ3n) is 1.93. The van der Waals surface area contributed by atoms with Crippen LogP contribution in [0.4, 0.5) is 0 Å². The van der Waals surface area contributed by atoms with Gasteiger partial charge in [-0.25, -0.2) is 8.98 Å². The molecule has 0 fully saturated rings. The highest BCUT2D eigenvalue weighted by molar-refractivity contribution is 7.80. The number of nitrogens with two attached hydrogens (primary N) is 1. The van der Waals surface area contributed by atoms with Crippen molar-refractivity contribution in [1.29, 1.82) is 0 Å². The summed E-state index contributed by atoms with van der Waals surface area (Å²) in [7, 11) is -4.17. The van der Waals surface area contributed by atoms with Crippen molar-refractivity contribution in [2.75, 3.05) is 6.61 Å². The minimum absolute atomic E-state index is 0.0289. The normalized spacial score (nSPS) is 12.9. The van der Waals surface area contributed by atoms with Gasteiger partial charge in [-0.15, -0.1) is 0 Å². The summed E-state index contributed by atoms with van der Waals surface area (Å²) in [5, 5.41) is 0. The van der Waals surface area contributed by atoms with Crippen LogP contribution in [0.25, 0.3) is 0 Å². The molecule has 0 amide bonds. The smallest absolute Gasteiger partial charge is 0.397 e. The topological polar surface area (TPSA) is 116 Å². The number of carbonyl (C=O) groups is 1. The summed E-state index contributed by atoms with van der Waals surface area (Å²) in [5.74, 6) is -0.379. The molecule has 20 heavy (non-hydrogen) atoms. The van der Waals surface area contributed by atoms with E-state index in [2.05, 4.69) is 10.8 Å². The van der Waals surface area contributed by atoms with Gasteiger partial charge in [-0.05, 0) is 27.2 Å². The van der Waals surface area contributed by atoms with Crippen molar-refractivity contribution in [3.63, 3.8) is 0 Å². The van der Waals surface area contributed by atoms with Crippen LogP contribution in [-0.4, -0.2) is 37.2 Å². The van der Waals surface area contributed by atoms with Crippen molar-refractivity contribution < 1.29 is 26.7 Å². The molecule has 0 radical (unpaired) electrons. The van der Waals surface area contributed by atoms with Crippen LogP contribution in [0.5, 0.6) is 0 Å². The Balaban J connectivity index is 0. The fourth-order valence-electron chi connectivity index (χ4n) is 1.22. The first-order valence-corrected chi connectivity index (χ1v) is 7.55. The number of hydrogen-bond donors (Lipinski definition) is 2. The Morgan fingerprint density at radius 3 is 2.15 bits per heavy atom. The van der Waals surface area contributed by atoms with Crippen LogP contribution >= 0.6 is 0 Å². The van der Waals surface area contributed by atoms with E-state index in [4.69, 9.17) is 15.0 Å². The van der Waals surface area contributed by atoms with Crippen LogP contribution in [0.15, 0.2) is 12.7 Å². The van der Waals surface area contributed by atoms with Gasteiger partial charge >= 0.3 is 16.4 Å². The van der Waals surface area contributed by atoms with Gasteiger partial charge in [0.15, 0.2) is 0 Å². The van der Waals surface area contributed by atoms with E-state index in [1.165, 1.54) is 13.0 Å². The number of hydrogen-bond acceptors (Lipinski definition) is 6. The zero-order valence-electron chi connectivity index (χ0n) is 12.5. The minimum atomic E-state index is -4.17. The number of ether oxygens (including phenoxy) is 1. The van der Waals surface area contributed by atoms with Gasteiger partial charge in [0, 0.05) is 18.0 Å². The third-order valence-corrected chi connectivity index (χ3v) is 2.46. The van der Waals surface area contributed by atoms with Gasteiger partial charge in [0.2, 0.25) is 0 Å². The molecule has 0 aliphatic heterocycles. The Labute approximate surface area is 121 Å². The van der Waals surface area contributed by atoms with E-state index in [1.54, 1.807) is 0 Å². The molecule has 120 valence electrons. The average Bonchev–Trinajstić information content (AvgIpc) is 2.25. The Bertz CT molecular complexity index is 385. The predicted molar refractivity (Wildman–Crippen MR) is 76.4 cm³/mol. The van der Waals surface area contributed by atoms with E-state index < -0.39 is 10.4 Å².